The lowest BCUT2D eigenvalue weighted by Crippen LogP contribution is -2.43. The number of rotatable bonds is 5. The first-order valence-corrected chi connectivity index (χ1v) is 8.43. The third-order valence-electron chi connectivity index (χ3n) is 4.56. The summed E-state index contributed by atoms with van der Waals surface area (Å²) in [4.78, 5) is 14.2. The number of carbonyl (C=O) groups is 1. The normalized spacial score (nSPS) is 27.7. The van der Waals surface area contributed by atoms with Gasteiger partial charge in [0.15, 0.2) is 0 Å². The molecule has 2 saturated heterocycles. The van der Waals surface area contributed by atoms with Gasteiger partial charge in [0.1, 0.15) is 0 Å². The Morgan fingerprint density at radius 3 is 2.91 bits per heavy atom. The van der Waals surface area contributed by atoms with Crippen molar-refractivity contribution in [2.24, 2.45) is 0 Å². The van der Waals surface area contributed by atoms with Crippen molar-refractivity contribution in [3.63, 3.8) is 0 Å². The molecule has 3 rings (SSSR count). The number of hydrogen-bond donors (Lipinski definition) is 1. The zero-order valence-electron chi connectivity index (χ0n) is 13.3. The van der Waals surface area contributed by atoms with Gasteiger partial charge in [-0.15, -0.1) is 0 Å². The second kappa shape index (κ2) is 7.62. The number of methoxy groups -OCH3 is 1. The molecule has 1 aromatic rings. The van der Waals surface area contributed by atoms with Crippen LogP contribution in [0.4, 0.5) is 0 Å². The topological polar surface area (TPSA) is 50.8 Å². The molecule has 0 radical (unpaired) electrons. The van der Waals surface area contributed by atoms with E-state index >= 15 is 0 Å². The van der Waals surface area contributed by atoms with Gasteiger partial charge in [-0.3, -0.25) is 9.69 Å². The number of carbonyl (C=O) groups excluding carboxylic acids is 1. The molecule has 126 valence electrons. The summed E-state index contributed by atoms with van der Waals surface area (Å²) in [7, 11) is 1.61. The molecule has 3 atom stereocenters. The molecular formula is C17H23ClN2O3. The van der Waals surface area contributed by atoms with Gasteiger partial charge in [-0.05, 0) is 24.1 Å². The molecule has 2 heterocycles. The summed E-state index contributed by atoms with van der Waals surface area (Å²) in [6, 6.07) is 8.44. The van der Waals surface area contributed by atoms with E-state index in [2.05, 4.69) is 10.2 Å². The van der Waals surface area contributed by atoms with Gasteiger partial charge in [-0.1, -0.05) is 23.7 Å². The van der Waals surface area contributed by atoms with Crippen LogP contribution in [-0.2, 0) is 14.3 Å². The first-order chi connectivity index (χ1) is 11.2. The number of fused-ring (bicyclic) bond motifs is 1. The Balaban J connectivity index is 1.53. The maximum absolute atomic E-state index is 11.8. The number of halogens is 1. The van der Waals surface area contributed by atoms with Gasteiger partial charge in [0, 0.05) is 43.7 Å². The van der Waals surface area contributed by atoms with Crippen LogP contribution in [0.2, 0.25) is 5.02 Å². The summed E-state index contributed by atoms with van der Waals surface area (Å²) < 4.78 is 11.0. The average Bonchev–Trinajstić information content (AvgIpc) is 2.94. The Labute approximate surface area is 141 Å². The smallest absolute Gasteiger partial charge is 0.222 e. The molecule has 2 aliphatic rings. The van der Waals surface area contributed by atoms with Crippen molar-refractivity contribution >= 4 is 17.5 Å². The van der Waals surface area contributed by atoms with Crippen LogP contribution in [0.1, 0.15) is 24.5 Å². The number of hydrogen-bond acceptors (Lipinski definition) is 4. The first-order valence-electron chi connectivity index (χ1n) is 8.05. The average molecular weight is 339 g/mol. The lowest BCUT2D eigenvalue weighted by molar-refractivity contribution is -0.122. The molecule has 23 heavy (non-hydrogen) atoms. The van der Waals surface area contributed by atoms with E-state index in [1.54, 1.807) is 7.11 Å². The summed E-state index contributed by atoms with van der Waals surface area (Å²) >= 11 is 5.94. The number of morpholine rings is 1. The van der Waals surface area contributed by atoms with Crippen molar-refractivity contribution in [3.05, 3.63) is 34.9 Å². The minimum atomic E-state index is 0.0619. The molecule has 1 aromatic carbocycles. The summed E-state index contributed by atoms with van der Waals surface area (Å²) in [5, 5.41) is 3.84. The second-order valence-electron chi connectivity index (χ2n) is 6.22. The van der Waals surface area contributed by atoms with Gasteiger partial charge in [-0.25, -0.2) is 0 Å². The Kier molecular flexibility index (Phi) is 5.54. The Hall–Kier alpha value is -1.14. The largest absolute Gasteiger partial charge is 0.384 e. The van der Waals surface area contributed by atoms with Crippen LogP contribution in [0.25, 0.3) is 0 Å². The Bertz CT molecular complexity index is 537. The third-order valence-corrected chi connectivity index (χ3v) is 4.81. The molecule has 0 aliphatic carbocycles. The van der Waals surface area contributed by atoms with Gasteiger partial charge in [0.05, 0.1) is 19.3 Å². The lowest BCUT2D eigenvalue weighted by Gasteiger charge is -2.35. The van der Waals surface area contributed by atoms with Crippen LogP contribution in [0.15, 0.2) is 24.3 Å². The number of amides is 1. The third kappa shape index (κ3) is 4.23. The number of ether oxygens (including phenoxy) is 2. The lowest BCUT2D eigenvalue weighted by atomic mass is 10.1. The quantitative estimate of drug-likeness (QED) is 0.892. The number of nitrogens with zero attached hydrogens (tertiary/aromatic N) is 1. The summed E-state index contributed by atoms with van der Waals surface area (Å²) in [5.74, 6) is 0.0619. The van der Waals surface area contributed by atoms with Crippen molar-refractivity contribution in [3.8, 4) is 0 Å². The molecular weight excluding hydrogens is 316 g/mol. The summed E-state index contributed by atoms with van der Waals surface area (Å²) in [5.41, 5.74) is 1.15. The first kappa shape index (κ1) is 16.7. The SMILES string of the molecule is COCCC(=O)N[C@@H]1C[C@H]2CO[C@@H](c3ccc(Cl)cc3)CN2C1. The van der Waals surface area contributed by atoms with Crippen LogP contribution in [0, 0.1) is 0 Å². The van der Waals surface area contributed by atoms with Crippen LogP contribution >= 0.6 is 11.6 Å². The number of nitrogens with one attached hydrogen (secondary N) is 1. The minimum absolute atomic E-state index is 0.0619. The predicted molar refractivity (Wildman–Crippen MR) is 88.5 cm³/mol. The van der Waals surface area contributed by atoms with E-state index in [1.165, 1.54) is 0 Å². The standard InChI is InChI=1S/C17H23ClN2O3/c1-22-7-6-17(21)19-14-8-15-11-23-16(10-20(15)9-14)12-2-4-13(18)5-3-12/h2-5,14-16H,6-11H2,1H3,(H,19,21)/t14-,15+,16-/m1/s1. The van der Waals surface area contributed by atoms with E-state index in [0.717, 1.165) is 30.1 Å². The molecule has 2 aliphatic heterocycles. The van der Waals surface area contributed by atoms with Crippen LogP contribution in [0.5, 0.6) is 0 Å². The highest BCUT2D eigenvalue weighted by atomic mass is 35.5. The highest BCUT2D eigenvalue weighted by Gasteiger charge is 2.38. The fourth-order valence-corrected chi connectivity index (χ4v) is 3.48. The summed E-state index contributed by atoms with van der Waals surface area (Å²) in [6.45, 7) is 2.92. The van der Waals surface area contributed by atoms with Crippen molar-refractivity contribution in [1.82, 2.24) is 10.2 Å². The van der Waals surface area contributed by atoms with Gasteiger partial charge >= 0.3 is 0 Å². The molecule has 1 amide bonds. The van der Waals surface area contributed by atoms with E-state index in [1.807, 2.05) is 24.3 Å². The molecule has 0 aromatic heterocycles. The Morgan fingerprint density at radius 2 is 2.17 bits per heavy atom. The van der Waals surface area contributed by atoms with E-state index in [4.69, 9.17) is 21.1 Å². The molecule has 1 N–H and O–H groups in total. The molecule has 0 spiro atoms. The van der Waals surface area contributed by atoms with Gasteiger partial charge < -0.3 is 14.8 Å². The Morgan fingerprint density at radius 1 is 1.39 bits per heavy atom. The molecule has 5 nitrogen and oxygen atoms in total. The molecule has 0 saturated carbocycles. The second-order valence-corrected chi connectivity index (χ2v) is 6.66. The highest BCUT2D eigenvalue weighted by Crippen LogP contribution is 2.30. The van der Waals surface area contributed by atoms with E-state index in [9.17, 15) is 4.79 Å². The van der Waals surface area contributed by atoms with Crippen molar-refractivity contribution in [2.75, 3.05) is 33.4 Å². The van der Waals surface area contributed by atoms with Crippen LogP contribution < -0.4 is 5.32 Å². The molecule has 0 unspecified atom stereocenters. The predicted octanol–water partition coefficient (Wildman–Crippen LogP) is 2.01. The number of benzene rings is 1. The van der Waals surface area contributed by atoms with Gasteiger partial charge in [0.25, 0.3) is 0 Å². The van der Waals surface area contributed by atoms with Gasteiger partial charge in [0.2, 0.25) is 5.91 Å². The monoisotopic (exact) mass is 338 g/mol. The zero-order valence-corrected chi connectivity index (χ0v) is 14.1. The fourth-order valence-electron chi connectivity index (χ4n) is 3.35. The van der Waals surface area contributed by atoms with Gasteiger partial charge in [-0.2, -0.15) is 0 Å². The maximum atomic E-state index is 11.8. The van der Waals surface area contributed by atoms with Crippen LogP contribution in [-0.4, -0.2) is 56.3 Å². The highest BCUT2D eigenvalue weighted by molar-refractivity contribution is 6.30. The molecule has 6 heteroatoms. The zero-order chi connectivity index (χ0) is 16.2. The van der Waals surface area contributed by atoms with Crippen molar-refractivity contribution in [2.45, 2.75) is 31.0 Å². The summed E-state index contributed by atoms with van der Waals surface area (Å²) in [6.07, 6.45) is 1.44. The van der Waals surface area contributed by atoms with E-state index in [0.29, 0.717) is 25.7 Å². The van der Waals surface area contributed by atoms with Crippen LogP contribution in [0.3, 0.4) is 0 Å². The van der Waals surface area contributed by atoms with E-state index < -0.39 is 0 Å². The van der Waals surface area contributed by atoms with E-state index in [-0.39, 0.29) is 18.1 Å². The molecule has 2 fully saturated rings. The molecule has 0 bridgehead atoms. The van der Waals surface area contributed by atoms with Crippen molar-refractivity contribution in [1.29, 1.82) is 0 Å². The maximum Gasteiger partial charge on any atom is 0.222 e. The fraction of sp³-hybridized carbons (Fsp3) is 0.588. The minimum Gasteiger partial charge on any atom is -0.384 e. The van der Waals surface area contributed by atoms with Crippen molar-refractivity contribution < 1.29 is 14.3 Å².